The summed E-state index contributed by atoms with van der Waals surface area (Å²) in [6.07, 6.45) is 8.38. The summed E-state index contributed by atoms with van der Waals surface area (Å²) in [7, 11) is 0. The second kappa shape index (κ2) is 5.44. The van der Waals surface area contributed by atoms with Gasteiger partial charge in [-0.25, -0.2) is 0 Å². The second-order valence-corrected chi connectivity index (χ2v) is 10.1. The Balaban J connectivity index is 1.68. The van der Waals surface area contributed by atoms with Crippen LogP contribution in [0.5, 0.6) is 0 Å². The molecule has 4 saturated carbocycles. The fraction of sp³-hybridized carbons (Fsp3) is 1.00. The molecule has 138 valence electrons. The first kappa shape index (κ1) is 17.3. The van der Waals surface area contributed by atoms with E-state index in [9.17, 15) is 15.3 Å². The van der Waals surface area contributed by atoms with Gasteiger partial charge < -0.3 is 15.3 Å². The average molecular weight is 337 g/mol. The van der Waals surface area contributed by atoms with Gasteiger partial charge in [-0.3, -0.25) is 0 Å². The molecule has 0 aliphatic heterocycles. The van der Waals surface area contributed by atoms with E-state index in [0.717, 1.165) is 57.8 Å². The zero-order chi connectivity index (χ0) is 17.3. The molecule has 3 heteroatoms. The number of hydrogen-bond donors (Lipinski definition) is 3. The van der Waals surface area contributed by atoms with E-state index in [-0.39, 0.29) is 23.0 Å². The van der Waals surface area contributed by atoms with Crippen LogP contribution >= 0.6 is 0 Å². The second-order valence-electron chi connectivity index (χ2n) is 10.1. The summed E-state index contributed by atoms with van der Waals surface area (Å²) in [6.45, 7) is 6.86. The van der Waals surface area contributed by atoms with Crippen LogP contribution in [0.2, 0.25) is 0 Å². The summed E-state index contributed by atoms with van der Waals surface area (Å²) in [4.78, 5) is 0. The molecule has 4 rings (SSSR count). The van der Waals surface area contributed by atoms with Gasteiger partial charge in [0.05, 0.1) is 17.8 Å². The van der Waals surface area contributed by atoms with E-state index in [4.69, 9.17) is 0 Å². The molecule has 0 spiro atoms. The van der Waals surface area contributed by atoms with E-state index in [1.165, 1.54) is 0 Å². The van der Waals surface area contributed by atoms with Gasteiger partial charge in [0.15, 0.2) is 0 Å². The third-order valence-corrected chi connectivity index (χ3v) is 9.56. The normalized spacial score (nSPS) is 60.2. The van der Waals surface area contributed by atoms with Crippen molar-refractivity contribution in [3.63, 3.8) is 0 Å². The Labute approximate surface area is 146 Å². The molecule has 4 aliphatic carbocycles. The number of aliphatic hydroxyl groups excluding tert-OH is 2. The van der Waals surface area contributed by atoms with Crippen molar-refractivity contribution in [2.45, 2.75) is 96.4 Å². The highest BCUT2D eigenvalue weighted by Crippen LogP contribution is 2.68. The van der Waals surface area contributed by atoms with Gasteiger partial charge in [0.2, 0.25) is 0 Å². The molecule has 4 aliphatic rings. The summed E-state index contributed by atoms with van der Waals surface area (Å²) >= 11 is 0. The molecule has 4 unspecified atom stereocenters. The van der Waals surface area contributed by atoms with Gasteiger partial charge in [0.25, 0.3) is 0 Å². The maximum absolute atomic E-state index is 11.2. The van der Waals surface area contributed by atoms with Crippen molar-refractivity contribution in [3.05, 3.63) is 0 Å². The molecule has 0 bridgehead atoms. The number of rotatable bonds is 1. The van der Waals surface area contributed by atoms with E-state index in [1.807, 2.05) is 0 Å². The van der Waals surface area contributed by atoms with Crippen LogP contribution in [0.3, 0.4) is 0 Å². The standard InChI is InChI=1S/C21H36O3/c1-4-21(24)10-7-16-18-15(6-9-20(16,21)3)19(2)8-5-14(22)11-13(19)12-17(18)23/h13-18,22-24H,4-12H2,1-3H3/t13?,14?,15-,16+,17?,18-,19+,20+,21?/m1/s1. The van der Waals surface area contributed by atoms with E-state index >= 15 is 0 Å². The summed E-state index contributed by atoms with van der Waals surface area (Å²) in [5.41, 5.74) is -0.290. The van der Waals surface area contributed by atoms with Crippen LogP contribution in [-0.4, -0.2) is 33.1 Å². The third-order valence-electron chi connectivity index (χ3n) is 9.56. The van der Waals surface area contributed by atoms with Crippen LogP contribution in [0.1, 0.15) is 78.6 Å². The molecular weight excluding hydrogens is 300 g/mol. The Kier molecular flexibility index (Phi) is 3.92. The van der Waals surface area contributed by atoms with Crippen molar-refractivity contribution in [2.24, 2.45) is 34.5 Å². The van der Waals surface area contributed by atoms with Crippen molar-refractivity contribution in [3.8, 4) is 0 Å². The van der Waals surface area contributed by atoms with Crippen molar-refractivity contribution in [2.75, 3.05) is 0 Å². The number of aliphatic hydroxyl groups is 3. The smallest absolute Gasteiger partial charge is 0.0701 e. The van der Waals surface area contributed by atoms with Gasteiger partial charge in [-0.1, -0.05) is 20.8 Å². The molecule has 3 N–H and O–H groups in total. The highest BCUT2D eigenvalue weighted by Gasteiger charge is 2.65. The predicted octanol–water partition coefficient (Wildman–Crippen LogP) is 3.50. The third kappa shape index (κ3) is 2.07. The Morgan fingerprint density at radius 1 is 0.917 bits per heavy atom. The van der Waals surface area contributed by atoms with Gasteiger partial charge in [-0.05, 0) is 92.3 Å². The van der Waals surface area contributed by atoms with Gasteiger partial charge in [0.1, 0.15) is 0 Å². The van der Waals surface area contributed by atoms with Crippen molar-refractivity contribution in [1.29, 1.82) is 0 Å². The van der Waals surface area contributed by atoms with Crippen LogP contribution in [-0.2, 0) is 0 Å². The van der Waals surface area contributed by atoms with Gasteiger partial charge in [-0.2, -0.15) is 0 Å². The highest BCUT2D eigenvalue weighted by molar-refractivity contribution is 5.15. The molecule has 0 heterocycles. The van der Waals surface area contributed by atoms with Crippen molar-refractivity contribution in [1.82, 2.24) is 0 Å². The minimum Gasteiger partial charge on any atom is -0.393 e. The van der Waals surface area contributed by atoms with Gasteiger partial charge in [-0.15, -0.1) is 0 Å². The minimum atomic E-state index is -0.539. The highest BCUT2D eigenvalue weighted by atomic mass is 16.3. The summed E-state index contributed by atoms with van der Waals surface area (Å²) in [6, 6.07) is 0. The van der Waals surface area contributed by atoms with E-state index < -0.39 is 5.60 Å². The van der Waals surface area contributed by atoms with Crippen LogP contribution in [0.15, 0.2) is 0 Å². The fourth-order valence-electron chi connectivity index (χ4n) is 7.89. The molecular formula is C21H36O3. The van der Waals surface area contributed by atoms with Crippen LogP contribution in [0, 0.1) is 34.5 Å². The average Bonchev–Trinajstić information content (AvgIpc) is 2.82. The van der Waals surface area contributed by atoms with Crippen molar-refractivity contribution < 1.29 is 15.3 Å². The van der Waals surface area contributed by atoms with Crippen LogP contribution in [0.25, 0.3) is 0 Å². The zero-order valence-electron chi connectivity index (χ0n) is 15.7. The zero-order valence-corrected chi connectivity index (χ0v) is 15.7. The minimum absolute atomic E-state index is 0.0265. The quantitative estimate of drug-likeness (QED) is 0.687. The van der Waals surface area contributed by atoms with E-state index in [0.29, 0.717) is 23.7 Å². The number of hydrogen-bond acceptors (Lipinski definition) is 3. The molecule has 0 radical (unpaired) electrons. The maximum Gasteiger partial charge on any atom is 0.0701 e. The predicted molar refractivity (Wildman–Crippen MR) is 94.4 cm³/mol. The molecule has 0 amide bonds. The maximum atomic E-state index is 11.2. The molecule has 24 heavy (non-hydrogen) atoms. The van der Waals surface area contributed by atoms with E-state index in [1.54, 1.807) is 0 Å². The summed E-state index contributed by atoms with van der Waals surface area (Å²) in [5.74, 6) is 1.84. The largest absolute Gasteiger partial charge is 0.393 e. The molecule has 9 atom stereocenters. The molecule has 0 saturated heterocycles. The van der Waals surface area contributed by atoms with E-state index in [2.05, 4.69) is 20.8 Å². The Morgan fingerprint density at radius 2 is 1.62 bits per heavy atom. The first-order chi connectivity index (χ1) is 11.2. The van der Waals surface area contributed by atoms with Crippen LogP contribution < -0.4 is 0 Å². The first-order valence-electron chi connectivity index (χ1n) is 10.3. The molecule has 0 aromatic carbocycles. The summed E-state index contributed by atoms with van der Waals surface area (Å²) < 4.78 is 0. The lowest BCUT2D eigenvalue weighted by atomic mass is 9.43. The molecule has 4 fully saturated rings. The van der Waals surface area contributed by atoms with Gasteiger partial charge >= 0.3 is 0 Å². The Bertz CT molecular complexity index is 507. The molecule has 0 aromatic rings. The Morgan fingerprint density at radius 3 is 2.33 bits per heavy atom. The molecule has 3 nitrogen and oxygen atoms in total. The van der Waals surface area contributed by atoms with Crippen molar-refractivity contribution >= 4 is 0 Å². The lowest BCUT2D eigenvalue weighted by Gasteiger charge is -2.62. The summed E-state index contributed by atoms with van der Waals surface area (Å²) in [5, 5.41) is 32.5. The first-order valence-corrected chi connectivity index (χ1v) is 10.3. The van der Waals surface area contributed by atoms with Crippen LogP contribution in [0.4, 0.5) is 0 Å². The fourth-order valence-corrected chi connectivity index (χ4v) is 7.89. The lowest BCUT2D eigenvalue weighted by molar-refractivity contribution is -0.192. The lowest BCUT2D eigenvalue weighted by Crippen LogP contribution is -2.60. The number of fused-ring (bicyclic) bond motifs is 5. The SMILES string of the molecule is CCC1(O)CC[C@H]2[C@@H]3C(O)CC4CC(O)CC[C@]4(C)[C@@H]3CC[C@@]21C. The Hall–Kier alpha value is -0.120. The molecule has 0 aromatic heterocycles. The monoisotopic (exact) mass is 336 g/mol. The van der Waals surface area contributed by atoms with Gasteiger partial charge in [0, 0.05) is 0 Å². The topological polar surface area (TPSA) is 60.7 Å².